The number of hydrogen-bond donors (Lipinski definition) is 1. The van der Waals surface area contributed by atoms with Crippen LogP contribution in [0.3, 0.4) is 0 Å². The first-order valence-electron chi connectivity index (χ1n) is 10.6. The predicted octanol–water partition coefficient (Wildman–Crippen LogP) is 4.74. The Bertz CT molecular complexity index is 1160. The van der Waals surface area contributed by atoms with Gasteiger partial charge < -0.3 is 19.7 Å². The molecular weight excluding hydrogens is 447 g/mol. The lowest BCUT2D eigenvalue weighted by atomic mass is 9.98. The van der Waals surface area contributed by atoms with E-state index in [1.807, 2.05) is 33.7 Å². The van der Waals surface area contributed by atoms with Crippen LogP contribution in [0.1, 0.15) is 23.5 Å². The molecule has 8 heteroatoms. The molecule has 2 aromatic carbocycles. The number of nitrogens with one attached hydrogen (secondary N) is 1. The van der Waals surface area contributed by atoms with E-state index in [1.54, 1.807) is 31.1 Å². The highest BCUT2D eigenvalue weighted by Crippen LogP contribution is 2.34. The average molecular weight is 473 g/mol. The molecule has 1 aromatic heterocycles. The van der Waals surface area contributed by atoms with E-state index in [0.717, 1.165) is 22.9 Å². The summed E-state index contributed by atoms with van der Waals surface area (Å²) in [4.78, 5) is 28.5. The molecular formula is C24H26Cl2N4O2. The molecule has 2 heterocycles. The van der Waals surface area contributed by atoms with Crippen molar-refractivity contribution in [2.45, 2.75) is 25.4 Å². The van der Waals surface area contributed by atoms with Gasteiger partial charge >= 0.3 is 6.03 Å². The van der Waals surface area contributed by atoms with Crippen LogP contribution in [-0.2, 0) is 17.9 Å². The smallest absolute Gasteiger partial charge is 0.317 e. The third-order valence-corrected chi connectivity index (χ3v) is 6.71. The van der Waals surface area contributed by atoms with Gasteiger partial charge in [0.05, 0.1) is 10.0 Å². The van der Waals surface area contributed by atoms with Crippen molar-refractivity contribution in [1.82, 2.24) is 19.7 Å². The largest absolute Gasteiger partial charge is 0.347 e. The summed E-state index contributed by atoms with van der Waals surface area (Å²) in [6, 6.07) is 13.4. The number of urea groups is 1. The molecule has 0 spiro atoms. The first kappa shape index (κ1) is 22.5. The van der Waals surface area contributed by atoms with Gasteiger partial charge in [-0.3, -0.25) is 4.79 Å². The molecule has 1 saturated heterocycles. The standard InChI is InChI=1S/C24H26Cl2N4O2/c1-28(2)23(31)15-30-14-19(18-5-3-4-6-22(18)30)17-9-10-29(13-17)24(32)27-12-16-7-8-20(25)21(26)11-16/h3-8,11,14,17H,9-10,12-13,15H2,1-2H3,(H,27,32). The van der Waals surface area contributed by atoms with Crippen molar-refractivity contribution in [3.8, 4) is 0 Å². The van der Waals surface area contributed by atoms with Crippen LogP contribution >= 0.6 is 23.2 Å². The van der Waals surface area contributed by atoms with E-state index < -0.39 is 0 Å². The van der Waals surface area contributed by atoms with Crippen molar-refractivity contribution in [1.29, 1.82) is 0 Å². The normalized spacial score (nSPS) is 15.9. The van der Waals surface area contributed by atoms with E-state index in [2.05, 4.69) is 17.6 Å². The first-order chi connectivity index (χ1) is 15.3. The van der Waals surface area contributed by atoms with E-state index in [0.29, 0.717) is 36.2 Å². The lowest BCUT2D eigenvalue weighted by Gasteiger charge is -2.17. The van der Waals surface area contributed by atoms with Gasteiger partial charge in [-0.05, 0) is 35.7 Å². The van der Waals surface area contributed by atoms with Gasteiger partial charge in [-0.15, -0.1) is 0 Å². The molecule has 1 atom stereocenters. The number of para-hydroxylation sites is 1. The summed E-state index contributed by atoms with van der Waals surface area (Å²) in [5.41, 5.74) is 3.13. The molecule has 168 valence electrons. The van der Waals surface area contributed by atoms with Crippen molar-refractivity contribution >= 4 is 46.0 Å². The fraction of sp³-hybridized carbons (Fsp3) is 0.333. The van der Waals surface area contributed by atoms with Crippen molar-refractivity contribution in [3.63, 3.8) is 0 Å². The number of hydrogen-bond acceptors (Lipinski definition) is 2. The van der Waals surface area contributed by atoms with Crippen molar-refractivity contribution in [3.05, 3.63) is 69.8 Å². The monoisotopic (exact) mass is 472 g/mol. The van der Waals surface area contributed by atoms with E-state index in [9.17, 15) is 9.59 Å². The molecule has 0 saturated carbocycles. The minimum Gasteiger partial charge on any atom is -0.347 e. The zero-order valence-corrected chi connectivity index (χ0v) is 19.7. The highest BCUT2D eigenvalue weighted by molar-refractivity contribution is 6.42. The zero-order chi connectivity index (χ0) is 22.8. The summed E-state index contributed by atoms with van der Waals surface area (Å²) < 4.78 is 2.01. The number of nitrogens with zero attached hydrogens (tertiary/aromatic N) is 3. The van der Waals surface area contributed by atoms with Gasteiger partial charge in [-0.1, -0.05) is 47.5 Å². The van der Waals surface area contributed by atoms with Gasteiger partial charge in [0.15, 0.2) is 0 Å². The maximum Gasteiger partial charge on any atom is 0.317 e. The van der Waals surface area contributed by atoms with Gasteiger partial charge in [0.1, 0.15) is 6.54 Å². The second kappa shape index (κ2) is 9.43. The van der Waals surface area contributed by atoms with Crippen LogP contribution in [0.2, 0.25) is 10.0 Å². The Balaban J connectivity index is 1.45. The number of likely N-dealkylation sites (N-methyl/N-ethyl adjacent to an activating group) is 1. The Morgan fingerprint density at radius 1 is 1.12 bits per heavy atom. The third kappa shape index (κ3) is 4.71. The van der Waals surface area contributed by atoms with E-state index in [4.69, 9.17) is 23.2 Å². The SMILES string of the molecule is CN(C)C(=O)Cn1cc(C2CCN(C(=O)NCc3ccc(Cl)c(Cl)c3)C2)c2ccccc21. The number of halogens is 2. The number of rotatable bonds is 5. The van der Waals surface area contributed by atoms with Crippen LogP contribution in [0, 0.1) is 0 Å². The summed E-state index contributed by atoms with van der Waals surface area (Å²) in [7, 11) is 3.53. The summed E-state index contributed by atoms with van der Waals surface area (Å²) in [5, 5.41) is 5.08. The number of fused-ring (bicyclic) bond motifs is 1. The van der Waals surface area contributed by atoms with Crippen LogP contribution in [0.5, 0.6) is 0 Å². The summed E-state index contributed by atoms with van der Waals surface area (Å²) in [5.74, 6) is 0.276. The molecule has 1 N–H and O–H groups in total. The van der Waals surface area contributed by atoms with Crippen molar-refractivity contribution in [2.75, 3.05) is 27.2 Å². The lowest BCUT2D eigenvalue weighted by molar-refractivity contribution is -0.129. The Morgan fingerprint density at radius 3 is 2.66 bits per heavy atom. The number of amides is 3. The van der Waals surface area contributed by atoms with Crippen LogP contribution in [0.25, 0.3) is 10.9 Å². The Labute approximate surface area is 197 Å². The molecule has 3 amide bonds. The van der Waals surface area contributed by atoms with Gasteiger partial charge in [0.25, 0.3) is 0 Å². The fourth-order valence-corrected chi connectivity index (χ4v) is 4.48. The van der Waals surface area contributed by atoms with E-state index >= 15 is 0 Å². The number of carbonyl (C=O) groups is 2. The number of aromatic nitrogens is 1. The zero-order valence-electron chi connectivity index (χ0n) is 18.1. The molecule has 0 aliphatic carbocycles. The molecule has 32 heavy (non-hydrogen) atoms. The second-order valence-electron chi connectivity index (χ2n) is 8.36. The number of benzene rings is 2. The van der Waals surface area contributed by atoms with Gasteiger partial charge in [-0.2, -0.15) is 0 Å². The average Bonchev–Trinajstić information content (AvgIpc) is 3.40. The predicted molar refractivity (Wildman–Crippen MR) is 128 cm³/mol. The lowest BCUT2D eigenvalue weighted by Crippen LogP contribution is -2.37. The van der Waals surface area contributed by atoms with E-state index in [-0.39, 0.29) is 17.9 Å². The molecule has 1 aliphatic rings. The molecule has 1 aliphatic heterocycles. The highest BCUT2D eigenvalue weighted by atomic mass is 35.5. The maximum absolute atomic E-state index is 12.7. The minimum atomic E-state index is -0.0925. The number of carbonyl (C=O) groups excluding carboxylic acids is 2. The minimum absolute atomic E-state index is 0.0482. The quantitative estimate of drug-likeness (QED) is 0.582. The second-order valence-corrected chi connectivity index (χ2v) is 9.17. The van der Waals surface area contributed by atoms with Crippen molar-refractivity contribution in [2.24, 2.45) is 0 Å². The molecule has 1 unspecified atom stereocenters. The Hall–Kier alpha value is -2.70. The Kier molecular flexibility index (Phi) is 6.63. The Morgan fingerprint density at radius 2 is 1.91 bits per heavy atom. The van der Waals surface area contributed by atoms with Gasteiger partial charge in [-0.25, -0.2) is 4.79 Å². The molecule has 4 rings (SSSR count). The summed E-state index contributed by atoms with van der Waals surface area (Å²) in [6.45, 7) is 2.02. The maximum atomic E-state index is 12.7. The molecule has 6 nitrogen and oxygen atoms in total. The molecule has 1 fully saturated rings. The van der Waals surface area contributed by atoms with E-state index in [1.165, 1.54) is 5.56 Å². The van der Waals surface area contributed by atoms with Crippen LogP contribution in [-0.4, -0.2) is 53.5 Å². The number of likely N-dealkylation sites (tertiary alicyclic amines) is 1. The third-order valence-electron chi connectivity index (χ3n) is 5.97. The fourth-order valence-electron chi connectivity index (χ4n) is 4.16. The highest BCUT2D eigenvalue weighted by Gasteiger charge is 2.29. The molecule has 0 bridgehead atoms. The topological polar surface area (TPSA) is 57.6 Å². The van der Waals surface area contributed by atoms with Crippen molar-refractivity contribution < 1.29 is 9.59 Å². The van der Waals surface area contributed by atoms with Crippen LogP contribution in [0.4, 0.5) is 4.79 Å². The van der Waals surface area contributed by atoms with Gasteiger partial charge in [0.2, 0.25) is 5.91 Å². The molecule has 3 aromatic rings. The molecule has 0 radical (unpaired) electrons. The summed E-state index contributed by atoms with van der Waals surface area (Å²) in [6.07, 6.45) is 2.96. The summed E-state index contributed by atoms with van der Waals surface area (Å²) >= 11 is 12.0. The first-order valence-corrected chi connectivity index (χ1v) is 11.3. The van der Waals surface area contributed by atoms with Crippen LogP contribution < -0.4 is 5.32 Å². The van der Waals surface area contributed by atoms with Gasteiger partial charge in [0, 0.05) is 56.7 Å². The van der Waals surface area contributed by atoms with Crippen LogP contribution in [0.15, 0.2) is 48.7 Å².